The fourth-order valence-corrected chi connectivity index (χ4v) is 1.79. The minimum atomic E-state index is 0.134. The first kappa shape index (κ1) is 10.3. The zero-order valence-electron chi connectivity index (χ0n) is 9.03. The van der Waals surface area contributed by atoms with Crippen LogP contribution >= 0.6 is 0 Å². The van der Waals surface area contributed by atoms with Crippen molar-refractivity contribution in [1.82, 2.24) is 5.32 Å². The summed E-state index contributed by atoms with van der Waals surface area (Å²) in [6, 6.07) is 7.76. The molecule has 1 aliphatic rings. The van der Waals surface area contributed by atoms with Crippen LogP contribution in [0.15, 0.2) is 24.3 Å². The smallest absolute Gasteiger partial charge is 0.163 e. The third kappa shape index (κ3) is 2.63. The Bertz CT molecular complexity index is 308. The van der Waals surface area contributed by atoms with Crippen LogP contribution in [0.2, 0.25) is 0 Å². The molecule has 0 unspecified atom stereocenters. The summed E-state index contributed by atoms with van der Waals surface area (Å²) in [4.78, 5) is 0. The van der Waals surface area contributed by atoms with Crippen LogP contribution in [0.4, 0.5) is 0 Å². The van der Waals surface area contributed by atoms with E-state index in [1.807, 2.05) is 24.3 Å². The summed E-state index contributed by atoms with van der Waals surface area (Å²) in [6.07, 6.45) is 3.67. The summed E-state index contributed by atoms with van der Waals surface area (Å²) in [7, 11) is 1.66. The lowest BCUT2D eigenvalue weighted by Gasteiger charge is -2.25. The van der Waals surface area contributed by atoms with E-state index in [-0.39, 0.29) is 6.23 Å². The van der Waals surface area contributed by atoms with Gasteiger partial charge >= 0.3 is 0 Å². The number of methoxy groups -OCH3 is 1. The predicted molar refractivity (Wildman–Crippen MR) is 59.3 cm³/mol. The Hall–Kier alpha value is -1.22. The molecule has 0 bridgehead atoms. The lowest BCUT2D eigenvalue weighted by molar-refractivity contribution is 0.128. The Balaban J connectivity index is 2.02. The Morgan fingerprint density at radius 1 is 1.20 bits per heavy atom. The van der Waals surface area contributed by atoms with Crippen molar-refractivity contribution >= 4 is 0 Å². The SMILES string of the molecule is COc1ccccc1O[C@@H]1CCCCN1. The van der Waals surface area contributed by atoms with Gasteiger partial charge in [0.25, 0.3) is 0 Å². The number of piperidine rings is 1. The lowest BCUT2D eigenvalue weighted by Crippen LogP contribution is -2.38. The van der Waals surface area contributed by atoms with Crippen molar-refractivity contribution in [2.24, 2.45) is 0 Å². The molecule has 15 heavy (non-hydrogen) atoms. The first-order valence-electron chi connectivity index (χ1n) is 5.43. The number of benzene rings is 1. The summed E-state index contributed by atoms with van der Waals surface area (Å²) in [5.74, 6) is 1.62. The monoisotopic (exact) mass is 207 g/mol. The highest BCUT2D eigenvalue weighted by Gasteiger charge is 2.15. The summed E-state index contributed by atoms with van der Waals surface area (Å²) in [6.45, 7) is 1.04. The van der Waals surface area contributed by atoms with Crippen LogP contribution in [0.1, 0.15) is 19.3 Å². The highest BCUT2D eigenvalue weighted by atomic mass is 16.5. The van der Waals surface area contributed by atoms with Gasteiger partial charge in [-0.1, -0.05) is 12.1 Å². The second-order valence-electron chi connectivity index (χ2n) is 3.71. The topological polar surface area (TPSA) is 30.5 Å². The number of para-hydroxylation sites is 2. The lowest BCUT2D eigenvalue weighted by atomic mass is 10.1. The highest BCUT2D eigenvalue weighted by Crippen LogP contribution is 2.27. The van der Waals surface area contributed by atoms with Crippen LogP contribution in [-0.4, -0.2) is 19.9 Å². The molecule has 82 valence electrons. The third-order valence-electron chi connectivity index (χ3n) is 2.60. The highest BCUT2D eigenvalue weighted by molar-refractivity contribution is 5.39. The maximum absolute atomic E-state index is 5.84. The van der Waals surface area contributed by atoms with E-state index in [1.54, 1.807) is 7.11 Å². The molecule has 1 N–H and O–H groups in total. The average Bonchev–Trinajstić information content (AvgIpc) is 2.31. The number of rotatable bonds is 3. The van der Waals surface area contributed by atoms with Gasteiger partial charge < -0.3 is 9.47 Å². The molecule has 1 aromatic rings. The summed E-state index contributed by atoms with van der Waals surface area (Å²) >= 11 is 0. The van der Waals surface area contributed by atoms with Crippen LogP contribution in [-0.2, 0) is 0 Å². The summed E-state index contributed by atoms with van der Waals surface area (Å²) in [5.41, 5.74) is 0. The van der Waals surface area contributed by atoms with Gasteiger partial charge in [0.2, 0.25) is 0 Å². The van der Waals surface area contributed by atoms with Gasteiger partial charge in [-0.2, -0.15) is 0 Å². The van der Waals surface area contributed by atoms with E-state index in [0.29, 0.717) is 0 Å². The Labute approximate surface area is 90.4 Å². The van der Waals surface area contributed by atoms with Gasteiger partial charge in [0.15, 0.2) is 11.5 Å². The van der Waals surface area contributed by atoms with Gasteiger partial charge in [0.1, 0.15) is 6.23 Å². The number of hydrogen-bond donors (Lipinski definition) is 1. The molecule has 0 spiro atoms. The second-order valence-corrected chi connectivity index (χ2v) is 3.71. The van der Waals surface area contributed by atoms with E-state index >= 15 is 0 Å². The van der Waals surface area contributed by atoms with Crippen LogP contribution in [0.3, 0.4) is 0 Å². The van der Waals surface area contributed by atoms with Gasteiger partial charge in [0.05, 0.1) is 7.11 Å². The van der Waals surface area contributed by atoms with Crippen molar-refractivity contribution in [3.05, 3.63) is 24.3 Å². The van der Waals surface area contributed by atoms with Gasteiger partial charge in [0, 0.05) is 0 Å². The molecule has 3 heteroatoms. The fraction of sp³-hybridized carbons (Fsp3) is 0.500. The predicted octanol–water partition coefficient (Wildman–Crippen LogP) is 2.17. The molecule has 1 aliphatic heterocycles. The zero-order chi connectivity index (χ0) is 10.5. The molecule has 1 aromatic carbocycles. The maximum atomic E-state index is 5.84. The number of hydrogen-bond acceptors (Lipinski definition) is 3. The molecular formula is C12H17NO2. The van der Waals surface area contributed by atoms with Crippen molar-refractivity contribution < 1.29 is 9.47 Å². The summed E-state index contributed by atoms with van der Waals surface area (Å²) in [5, 5.41) is 3.34. The van der Waals surface area contributed by atoms with Gasteiger partial charge in [-0.3, -0.25) is 5.32 Å². The Kier molecular flexibility index (Phi) is 3.45. The van der Waals surface area contributed by atoms with Crippen molar-refractivity contribution in [3.8, 4) is 11.5 Å². The first-order valence-corrected chi connectivity index (χ1v) is 5.43. The molecule has 1 heterocycles. The van der Waals surface area contributed by atoms with E-state index in [9.17, 15) is 0 Å². The molecular weight excluding hydrogens is 190 g/mol. The minimum Gasteiger partial charge on any atom is -0.493 e. The molecule has 1 fully saturated rings. The molecule has 0 radical (unpaired) electrons. The molecule has 1 saturated heterocycles. The largest absolute Gasteiger partial charge is 0.493 e. The average molecular weight is 207 g/mol. The van der Waals surface area contributed by atoms with Crippen LogP contribution in [0.25, 0.3) is 0 Å². The van der Waals surface area contributed by atoms with Crippen molar-refractivity contribution in [3.63, 3.8) is 0 Å². The van der Waals surface area contributed by atoms with Crippen LogP contribution in [0, 0.1) is 0 Å². The maximum Gasteiger partial charge on any atom is 0.163 e. The Morgan fingerprint density at radius 2 is 2.00 bits per heavy atom. The van der Waals surface area contributed by atoms with E-state index < -0.39 is 0 Å². The summed E-state index contributed by atoms with van der Waals surface area (Å²) < 4.78 is 11.1. The van der Waals surface area contributed by atoms with E-state index in [4.69, 9.17) is 9.47 Å². The third-order valence-corrected chi connectivity index (χ3v) is 2.60. The van der Waals surface area contributed by atoms with Crippen molar-refractivity contribution in [2.75, 3.05) is 13.7 Å². The molecule has 2 rings (SSSR count). The van der Waals surface area contributed by atoms with Gasteiger partial charge in [-0.15, -0.1) is 0 Å². The van der Waals surface area contributed by atoms with Gasteiger partial charge in [-0.25, -0.2) is 0 Å². The molecule has 0 aromatic heterocycles. The zero-order valence-corrected chi connectivity index (χ0v) is 9.03. The van der Waals surface area contributed by atoms with Crippen LogP contribution < -0.4 is 14.8 Å². The number of nitrogens with one attached hydrogen (secondary N) is 1. The molecule has 0 amide bonds. The normalized spacial score (nSPS) is 21.0. The van der Waals surface area contributed by atoms with Crippen LogP contribution in [0.5, 0.6) is 11.5 Å². The van der Waals surface area contributed by atoms with Crippen molar-refractivity contribution in [1.29, 1.82) is 0 Å². The molecule has 0 aliphatic carbocycles. The molecule has 0 saturated carbocycles. The first-order chi connectivity index (χ1) is 7.40. The Morgan fingerprint density at radius 3 is 2.67 bits per heavy atom. The quantitative estimate of drug-likeness (QED) is 0.824. The molecule has 1 atom stereocenters. The fourth-order valence-electron chi connectivity index (χ4n) is 1.79. The minimum absolute atomic E-state index is 0.134. The molecule has 3 nitrogen and oxygen atoms in total. The van der Waals surface area contributed by atoms with Crippen molar-refractivity contribution in [2.45, 2.75) is 25.5 Å². The second kappa shape index (κ2) is 5.03. The van der Waals surface area contributed by atoms with E-state index in [2.05, 4.69) is 5.32 Å². The van der Waals surface area contributed by atoms with E-state index in [0.717, 1.165) is 24.5 Å². The van der Waals surface area contributed by atoms with E-state index in [1.165, 1.54) is 12.8 Å². The standard InChI is InChI=1S/C12H17NO2/c1-14-10-6-2-3-7-11(10)15-12-8-4-5-9-13-12/h2-3,6-7,12-13H,4-5,8-9H2,1H3/t12-/m1/s1. The van der Waals surface area contributed by atoms with Gasteiger partial charge in [-0.05, 0) is 37.9 Å². The number of ether oxygens (including phenoxy) is 2.